The van der Waals surface area contributed by atoms with Gasteiger partial charge in [0.2, 0.25) is 0 Å². The zero-order chi connectivity index (χ0) is 19.4. The number of fused-ring (bicyclic) bond motifs is 1. The number of aromatic amines is 1. The number of nitrogens with zero attached hydrogens (tertiary/aromatic N) is 2. The van der Waals surface area contributed by atoms with Gasteiger partial charge in [0.1, 0.15) is 11.6 Å². The highest BCUT2D eigenvalue weighted by Crippen LogP contribution is 2.24. The number of anilines is 1. The first-order chi connectivity index (χ1) is 13.0. The SMILES string of the molecule is COc1ccc2[nH]cc(C(=O)Nc3ccc(/C(C)=N\N=C(C)N)cc3)c2c1. The van der Waals surface area contributed by atoms with Crippen molar-refractivity contribution in [3.63, 3.8) is 0 Å². The van der Waals surface area contributed by atoms with Crippen LogP contribution >= 0.6 is 0 Å². The van der Waals surface area contributed by atoms with Crippen LogP contribution in [0.15, 0.2) is 58.9 Å². The van der Waals surface area contributed by atoms with E-state index in [0.717, 1.165) is 22.2 Å². The van der Waals surface area contributed by atoms with E-state index in [1.165, 1.54) is 0 Å². The third-order valence-corrected chi connectivity index (χ3v) is 4.05. The molecule has 0 spiro atoms. The molecule has 0 aliphatic rings. The van der Waals surface area contributed by atoms with Gasteiger partial charge in [0.15, 0.2) is 0 Å². The number of carbonyl (C=O) groups excluding carboxylic acids is 1. The van der Waals surface area contributed by atoms with E-state index in [-0.39, 0.29) is 5.91 Å². The number of carbonyl (C=O) groups is 1. The summed E-state index contributed by atoms with van der Waals surface area (Å²) in [7, 11) is 1.60. The van der Waals surface area contributed by atoms with E-state index in [2.05, 4.69) is 20.5 Å². The van der Waals surface area contributed by atoms with Gasteiger partial charge in [-0.1, -0.05) is 12.1 Å². The number of amides is 1. The van der Waals surface area contributed by atoms with Crippen molar-refractivity contribution in [1.82, 2.24) is 4.98 Å². The lowest BCUT2D eigenvalue weighted by molar-refractivity contribution is 0.102. The fourth-order valence-corrected chi connectivity index (χ4v) is 2.62. The van der Waals surface area contributed by atoms with Crippen molar-refractivity contribution in [2.24, 2.45) is 15.9 Å². The number of ether oxygens (including phenoxy) is 1. The third-order valence-electron chi connectivity index (χ3n) is 4.05. The van der Waals surface area contributed by atoms with Gasteiger partial charge in [0.05, 0.1) is 18.4 Å². The summed E-state index contributed by atoms with van der Waals surface area (Å²) in [6, 6.07) is 12.9. The summed E-state index contributed by atoms with van der Waals surface area (Å²) < 4.78 is 5.24. The molecule has 0 atom stereocenters. The molecule has 1 amide bonds. The van der Waals surface area contributed by atoms with Crippen molar-refractivity contribution in [1.29, 1.82) is 0 Å². The highest BCUT2D eigenvalue weighted by atomic mass is 16.5. The minimum atomic E-state index is -0.198. The third kappa shape index (κ3) is 4.14. The standard InChI is InChI=1S/C20H21N5O2/c1-12(24-25-13(2)21)14-4-6-15(7-5-14)23-20(26)18-11-22-19-9-8-16(27-3)10-17(18)19/h4-11,22H,1-3H3,(H2,21,25)(H,23,26)/b24-12-. The molecule has 0 saturated carbocycles. The Labute approximate surface area is 156 Å². The van der Waals surface area contributed by atoms with Crippen molar-refractivity contribution >= 4 is 34.0 Å². The van der Waals surface area contributed by atoms with Crippen LogP contribution in [0.2, 0.25) is 0 Å². The van der Waals surface area contributed by atoms with Crippen LogP contribution in [0.3, 0.4) is 0 Å². The first-order valence-electron chi connectivity index (χ1n) is 8.39. The number of rotatable bonds is 5. The number of nitrogens with two attached hydrogens (primary N) is 1. The Hall–Kier alpha value is -3.61. The molecule has 1 heterocycles. The zero-order valence-electron chi connectivity index (χ0n) is 15.4. The molecular formula is C20H21N5O2. The van der Waals surface area contributed by atoms with E-state index in [1.807, 2.05) is 49.4 Å². The number of nitrogens with one attached hydrogen (secondary N) is 2. The zero-order valence-corrected chi connectivity index (χ0v) is 15.4. The topological polar surface area (TPSA) is 105 Å². The monoisotopic (exact) mass is 363 g/mol. The number of methoxy groups -OCH3 is 1. The van der Waals surface area contributed by atoms with Gasteiger partial charge in [-0.2, -0.15) is 5.10 Å². The van der Waals surface area contributed by atoms with Crippen molar-refractivity contribution in [3.8, 4) is 5.75 Å². The van der Waals surface area contributed by atoms with Crippen molar-refractivity contribution in [2.75, 3.05) is 12.4 Å². The number of amidine groups is 1. The van der Waals surface area contributed by atoms with E-state index in [1.54, 1.807) is 20.2 Å². The number of aromatic nitrogens is 1. The molecule has 0 radical (unpaired) electrons. The molecule has 0 aliphatic carbocycles. The Morgan fingerprint density at radius 1 is 1.11 bits per heavy atom. The van der Waals surface area contributed by atoms with Gasteiger partial charge >= 0.3 is 0 Å². The molecule has 7 heteroatoms. The number of H-pyrrole nitrogens is 1. The van der Waals surface area contributed by atoms with Crippen molar-refractivity contribution in [2.45, 2.75) is 13.8 Å². The lowest BCUT2D eigenvalue weighted by atomic mass is 10.1. The van der Waals surface area contributed by atoms with Crippen molar-refractivity contribution in [3.05, 3.63) is 59.8 Å². The second-order valence-electron chi connectivity index (χ2n) is 6.07. The summed E-state index contributed by atoms with van der Waals surface area (Å²) in [6.45, 7) is 3.52. The molecule has 138 valence electrons. The molecule has 0 unspecified atom stereocenters. The fraction of sp³-hybridized carbons (Fsp3) is 0.150. The predicted molar refractivity (Wildman–Crippen MR) is 109 cm³/mol. The number of hydrogen-bond acceptors (Lipinski definition) is 4. The summed E-state index contributed by atoms with van der Waals surface area (Å²) in [5.41, 5.74) is 9.24. The Balaban J connectivity index is 1.79. The second kappa shape index (κ2) is 7.74. The maximum absolute atomic E-state index is 12.7. The Bertz CT molecular complexity index is 1030. The molecule has 2 aromatic carbocycles. The van der Waals surface area contributed by atoms with Crippen molar-refractivity contribution < 1.29 is 9.53 Å². The average Bonchev–Trinajstić information content (AvgIpc) is 3.09. The number of benzene rings is 2. The van der Waals surface area contributed by atoms with Crippen LogP contribution < -0.4 is 15.8 Å². The molecule has 0 saturated heterocycles. The Kier molecular flexibility index (Phi) is 5.21. The van der Waals surface area contributed by atoms with Crippen LogP contribution in [0.1, 0.15) is 29.8 Å². The van der Waals surface area contributed by atoms with E-state index < -0.39 is 0 Å². The van der Waals surface area contributed by atoms with Crippen LogP contribution in [0.4, 0.5) is 5.69 Å². The Morgan fingerprint density at radius 2 is 1.85 bits per heavy atom. The maximum Gasteiger partial charge on any atom is 0.257 e. The molecule has 27 heavy (non-hydrogen) atoms. The molecular weight excluding hydrogens is 342 g/mol. The summed E-state index contributed by atoms with van der Waals surface area (Å²) in [5, 5.41) is 11.6. The van der Waals surface area contributed by atoms with Crippen LogP contribution in [0.5, 0.6) is 5.75 Å². The lowest BCUT2D eigenvalue weighted by Gasteiger charge is -2.06. The molecule has 3 aromatic rings. The van der Waals surface area contributed by atoms with Gasteiger partial charge in [-0.15, -0.1) is 5.10 Å². The van der Waals surface area contributed by atoms with E-state index in [0.29, 0.717) is 22.8 Å². The highest BCUT2D eigenvalue weighted by molar-refractivity contribution is 6.13. The molecule has 0 fully saturated rings. The lowest BCUT2D eigenvalue weighted by Crippen LogP contribution is -2.11. The van der Waals surface area contributed by atoms with Gasteiger partial charge in [-0.05, 0) is 49.7 Å². The van der Waals surface area contributed by atoms with Gasteiger partial charge in [-0.25, -0.2) is 0 Å². The van der Waals surface area contributed by atoms with Gasteiger partial charge in [0, 0.05) is 22.8 Å². The van der Waals surface area contributed by atoms with Crippen LogP contribution in [-0.2, 0) is 0 Å². The van der Waals surface area contributed by atoms with Crippen LogP contribution in [0, 0.1) is 0 Å². The summed E-state index contributed by atoms with van der Waals surface area (Å²) in [6.07, 6.45) is 1.69. The van der Waals surface area contributed by atoms with E-state index in [4.69, 9.17) is 10.5 Å². The quantitative estimate of drug-likeness (QED) is 0.367. The Morgan fingerprint density at radius 3 is 2.52 bits per heavy atom. The first-order valence-corrected chi connectivity index (χ1v) is 8.39. The summed E-state index contributed by atoms with van der Waals surface area (Å²) in [5.74, 6) is 0.898. The smallest absolute Gasteiger partial charge is 0.257 e. The first kappa shape index (κ1) is 18.2. The predicted octanol–water partition coefficient (Wildman–Crippen LogP) is 3.53. The van der Waals surface area contributed by atoms with Crippen LogP contribution in [0.25, 0.3) is 10.9 Å². The minimum Gasteiger partial charge on any atom is -0.497 e. The van der Waals surface area contributed by atoms with E-state index >= 15 is 0 Å². The molecule has 1 aromatic heterocycles. The average molecular weight is 363 g/mol. The molecule has 0 aliphatic heterocycles. The summed E-state index contributed by atoms with van der Waals surface area (Å²) in [4.78, 5) is 15.8. The molecule has 3 rings (SSSR count). The molecule has 7 nitrogen and oxygen atoms in total. The van der Waals surface area contributed by atoms with E-state index in [9.17, 15) is 4.79 Å². The van der Waals surface area contributed by atoms with Crippen LogP contribution in [-0.4, -0.2) is 29.5 Å². The molecule has 0 bridgehead atoms. The normalized spacial score (nSPS) is 12.3. The molecule has 4 N–H and O–H groups in total. The minimum absolute atomic E-state index is 0.198. The fourth-order valence-electron chi connectivity index (χ4n) is 2.62. The maximum atomic E-state index is 12.7. The largest absolute Gasteiger partial charge is 0.497 e. The second-order valence-corrected chi connectivity index (χ2v) is 6.07. The van der Waals surface area contributed by atoms with Gasteiger partial charge in [0.25, 0.3) is 5.91 Å². The number of hydrogen-bond donors (Lipinski definition) is 3. The van der Waals surface area contributed by atoms with Gasteiger partial charge in [-0.3, -0.25) is 4.79 Å². The van der Waals surface area contributed by atoms with Gasteiger partial charge < -0.3 is 20.8 Å². The summed E-state index contributed by atoms with van der Waals surface area (Å²) >= 11 is 0. The highest BCUT2D eigenvalue weighted by Gasteiger charge is 2.13.